The molecule has 14 heavy (non-hydrogen) atoms. The Hall–Kier alpha value is -0.830. The zero-order valence-corrected chi connectivity index (χ0v) is 10.0. The van der Waals surface area contributed by atoms with Crippen LogP contribution in [0.15, 0.2) is 22.7 Å². The molecular weight excluding hydrogens is 242 g/mol. The van der Waals surface area contributed by atoms with Gasteiger partial charge in [-0.05, 0) is 25.1 Å². The van der Waals surface area contributed by atoms with Crippen molar-refractivity contribution in [1.82, 2.24) is 0 Å². The van der Waals surface area contributed by atoms with Gasteiger partial charge in [0.1, 0.15) is 0 Å². The first-order valence-corrected chi connectivity index (χ1v) is 5.55. The minimum absolute atomic E-state index is 0.169. The van der Waals surface area contributed by atoms with E-state index < -0.39 is 0 Å². The van der Waals surface area contributed by atoms with Gasteiger partial charge in [-0.1, -0.05) is 22.9 Å². The first-order chi connectivity index (χ1) is 6.69. The Morgan fingerprint density at radius 3 is 2.71 bits per heavy atom. The number of nitrogens with one attached hydrogen (secondary N) is 1. The molecule has 2 nitrogen and oxygen atoms in total. The van der Waals surface area contributed by atoms with Crippen LogP contribution in [0.25, 0.3) is 0 Å². The lowest BCUT2D eigenvalue weighted by Gasteiger charge is -2.09. The zero-order chi connectivity index (χ0) is 10.6. The summed E-state index contributed by atoms with van der Waals surface area (Å²) >= 11 is 3.36. The van der Waals surface area contributed by atoms with Crippen LogP contribution < -0.4 is 5.32 Å². The van der Waals surface area contributed by atoms with Gasteiger partial charge in [0.15, 0.2) is 5.78 Å². The number of rotatable bonds is 4. The molecule has 0 radical (unpaired) electrons. The molecule has 0 saturated heterocycles. The molecule has 1 aromatic rings. The zero-order valence-electron chi connectivity index (χ0n) is 8.43. The van der Waals surface area contributed by atoms with Gasteiger partial charge in [-0.15, -0.1) is 0 Å². The quantitative estimate of drug-likeness (QED) is 0.835. The van der Waals surface area contributed by atoms with Crippen LogP contribution >= 0.6 is 15.9 Å². The molecule has 0 saturated carbocycles. The van der Waals surface area contributed by atoms with Crippen molar-refractivity contribution < 1.29 is 4.79 Å². The van der Waals surface area contributed by atoms with Crippen molar-refractivity contribution in [3.63, 3.8) is 0 Å². The van der Waals surface area contributed by atoms with Crippen LogP contribution in [0.3, 0.4) is 0 Å². The Morgan fingerprint density at radius 2 is 2.14 bits per heavy atom. The summed E-state index contributed by atoms with van der Waals surface area (Å²) < 4.78 is 0.941. The van der Waals surface area contributed by atoms with E-state index in [0.29, 0.717) is 6.42 Å². The Kier molecular flexibility index (Phi) is 4.14. The molecule has 1 aromatic carbocycles. The number of halogens is 1. The molecule has 0 amide bonds. The largest absolute Gasteiger partial charge is 0.385 e. The smallest absolute Gasteiger partial charge is 0.164 e. The Morgan fingerprint density at radius 1 is 1.43 bits per heavy atom. The highest BCUT2D eigenvalue weighted by atomic mass is 79.9. The van der Waals surface area contributed by atoms with Gasteiger partial charge in [-0.25, -0.2) is 0 Å². The van der Waals surface area contributed by atoms with Crippen molar-refractivity contribution >= 4 is 27.4 Å². The van der Waals surface area contributed by atoms with Crippen LogP contribution in [0.5, 0.6) is 0 Å². The van der Waals surface area contributed by atoms with Crippen LogP contribution in [-0.2, 0) is 0 Å². The molecule has 0 heterocycles. The molecule has 76 valence electrons. The van der Waals surface area contributed by atoms with Crippen LogP contribution in [-0.4, -0.2) is 12.3 Å². The van der Waals surface area contributed by atoms with E-state index in [0.717, 1.165) is 22.3 Å². The average molecular weight is 256 g/mol. The topological polar surface area (TPSA) is 29.1 Å². The maximum atomic E-state index is 11.6. The number of carbonyl (C=O) groups excluding carboxylic acids is 1. The lowest BCUT2D eigenvalue weighted by atomic mass is 10.1. The number of Topliss-reactive ketones (excluding diaryl/α,β-unsaturated/α-hetero) is 1. The van der Waals surface area contributed by atoms with E-state index in [2.05, 4.69) is 21.2 Å². The Bertz CT molecular complexity index is 336. The predicted molar refractivity (Wildman–Crippen MR) is 62.9 cm³/mol. The molecule has 1 N–H and O–H groups in total. The molecule has 3 heteroatoms. The molecule has 0 aliphatic rings. The van der Waals surface area contributed by atoms with E-state index in [1.54, 1.807) is 0 Å². The minimum Gasteiger partial charge on any atom is -0.385 e. The number of ketones is 1. The van der Waals surface area contributed by atoms with Crippen molar-refractivity contribution in [2.24, 2.45) is 0 Å². The van der Waals surface area contributed by atoms with Gasteiger partial charge in [0.05, 0.1) is 0 Å². The lowest BCUT2D eigenvalue weighted by molar-refractivity contribution is 0.0989. The monoisotopic (exact) mass is 255 g/mol. The Labute approximate surface area is 92.8 Å². The molecular formula is C11H14BrNO. The summed E-state index contributed by atoms with van der Waals surface area (Å²) in [5.41, 5.74) is 1.69. The standard InChI is InChI=1S/C11H14BrNO/c1-3-11(14)9-7-8(12)5-6-10(9)13-4-2/h5-7,13H,3-4H2,1-2H3. The molecule has 0 aliphatic carbocycles. The van der Waals surface area contributed by atoms with E-state index in [1.165, 1.54) is 0 Å². The van der Waals surface area contributed by atoms with Crippen molar-refractivity contribution in [2.75, 3.05) is 11.9 Å². The van der Waals surface area contributed by atoms with Gasteiger partial charge in [-0.2, -0.15) is 0 Å². The highest BCUT2D eigenvalue weighted by Gasteiger charge is 2.09. The van der Waals surface area contributed by atoms with Crippen molar-refractivity contribution in [3.8, 4) is 0 Å². The summed E-state index contributed by atoms with van der Waals surface area (Å²) in [6.07, 6.45) is 0.537. The third-order valence-electron chi connectivity index (χ3n) is 1.97. The SMILES string of the molecule is CCNc1ccc(Br)cc1C(=O)CC. The third kappa shape index (κ3) is 2.58. The van der Waals surface area contributed by atoms with Crippen LogP contribution in [0.4, 0.5) is 5.69 Å². The molecule has 0 unspecified atom stereocenters. The van der Waals surface area contributed by atoms with Crippen molar-refractivity contribution in [1.29, 1.82) is 0 Å². The van der Waals surface area contributed by atoms with E-state index >= 15 is 0 Å². The second kappa shape index (κ2) is 5.15. The number of hydrogen-bond donors (Lipinski definition) is 1. The number of benzene rings is 1. The van der Waals surface area contributed by atoms with Gasteiger partial charge in [-0.3, -0.25) is 4.79 Å². The highest BCUT2D eigenvalue weighted by molar-refractivity contribution is 9.10. The Balaban J connectivity index is 3.08. The minimum atomic E-state index is 0.169. The summed E-state index contributed by atoms with van der Waals surface area (Å²) in [6.45, 7) is 4.72. The number of anilines is 1. The summed E-state index contributed by atoms with van der Waals surface area (Å²) in [5, 5.41) is 3.18. The molecule has 0 bridgehead atoms. The molecule has 0 aromatic heterocycles. The van der Waals surface area contributed by atoms with E-state index in [9.17, 15) is 4.79 Å². The summed E-state index contributed by atoms with van der Waals surface area (Å²) in [6, 6.07) is 5.73. The fourth-order valence-corrected chi connectivity index (χ4v) is 1.64. The molecule has 0 atom stereocenters. The summed E-state index contributed by atoms with van der Waals surface area (Å²) in [5.74, 6) is 0.169. The molecule has 0 fully saturated rings. The first kappa shape index (κ1) is 11.2. The van der Waals surface area contributed by atoms with E-state index in [1.807, 2.05) is 32.0 Å². The predicted octanol–water partition coefficient (Wildman–Crippen LogP) is 3.47. The van der Waals surface area contributed by atoms with E-state index in [-0.39, 0.29) is 5.78 Å². The van der Waals surface area contributed by atoms with Gasteiger partial charge in [0, 0.05) is 28.7 Å². The molecule has 1 rings (SSSR count). The second-order valence-electron chi connectivity index (χ2n) is 3.00. The fourth-order valence-electron chi connectivity index (χ4n) is 1.28. The summed E-state index contributed by atoms with van der Waals surface area (Å²) in [4.78, 5) is 11.6. The normalized spacial score (nSPS) is 9.93. The van der Waals surface area contributed by atoms with Crippen LogP contribution in [0, 0.1) is 0 Å². The first-order valence-electron chi connectivity index (χ1n) is 4.75. The highest BCUT2D eigenvalue weighted by Crippen LogP contribution is 2.22. The number of carbonyl (C=O) groups is 1. The summed E-state index contributed by atoms with van der Waals surface area (Å²) in [7, 11) is 0. The van der Waals surface area contributed by atoms with Crippen LogP contribution in [0.2, 0.25) is 0 Å². The molecule has 0 spiro atoms. The maximum absolute atomic E-state index is 11.6. The molecule has 0 aliphatic heterocycles. The van der Waals surface area contributed by atoms with Crippen molar-refractivity contribution in [2.45, 2.75) is 20.3 Å². The van der Waals surface area contributed by atoms with Crippen molar-refractivity contribution in [3.05, 3.63) is 28.2 Å². The maximum Gasteiger partial charge on any atom is 0.164 e. The van der Waals surface area contributed by atoms with Crippen LogP contribution in [0.1, 0.15) is 30.6 Å². The van der Waals surface area contributed by atoms with E-state index in [4.69, 9.17) is 0 Å². The average Bonchev–Trinajstić information content (AvgIpc) is 2.20. The second-order valence-corrected chi connectivity index (χ2v) is 3.91. The number of hydrogen-bond acceptors (Lipinski definition) is 2. The third-order valence-corrected chi connectivity index (χ3v) is 2.46. The van der Waals surface area contributed by atoms with Gasteiger partial charge in [0.2, 0.25) is 0 Å². The fraction of sp³-hybridized carbons (Fsp3) is 0.364. The van der Waals surface area contributed by atoms with Gasteiger partial charge >= 0.3 is 0 Å². The lowest BCUT2D eigenvalue weighted by Crippen LogP contribution is -2.05. The van der Waals surface area contributed by atoms with Gasteiger partial charge in [0.25, 0.3) is 0 Å². The van der Waals surface area contributed by atoms with Gasteiger partial charge < -0.3 is 5.32 Å².